The van der Waals surface area contributed by atoms with Crippen LogP contribution in [0.25, 0.3) is 0 Å². The van der Waals surface area contributed by atoms with Crippen LogP contribution >= 0.6 is 0 Å². The standard InChI is InChI=1S/C18H17F2NO3/c1-12(22)13-4-7-15(8-5-13)24-10-2-3-18(23)21-17-11-14(19)6-9-16(17)20/h4-9,11H,2-3,10H2,1H3,(H,21,23). The highest BCUT2D eigenvalue weighted by molar-refractivity contribution is 5.94. The van der Waals surface area contributed by atoms with Crippen LogP contribution in [0, 0.1) is 11.6 Å². The Balaban J connectivity index is 1.74. The van der Waals surface area contributed by atoms with Gasteiger partial charge in [0.05, 0.1) is 12.3 Å². The van der Waals surface area contributed by atoms with Gasteiger partial charge in [0.15, 0.2) is 5.78 Å². The van der Waals surface area contributed by atoms with Gasteiger partial charge in [0, 0.05) is 18.1 Å². The third kappa shape index (κ3) is 5.15. The van der Waals surface area contributed by atoms with E-state index in [-0.39, 0.29) is 17.9 Å². The maximum Gasteiger partial charge on any atom is 0.224 e. The molecule has 2 aromatic carbocycles. The normalized spacial score (nSPS) is 10.3. The smallest absolute Gasteiger partial charge is 0.224 e. The molecule has 1 N–H and O–H groups in total. The average Bonchev–Trinajstić information content (AvgIpc) is 2.55. The van der Waals surface area contributed by atoms with Gasteiger partial charge in [-0.2, -0.15) is 0 Å². The van der Waals surface area contributed by atoms with E-state index in [4.69, 9.17) is 4.74 Å². The van der Waals surface area contributed by atoms with Gasteiger partial charge in [-0.15, -0.1) is 0 Å². The predicted molar refractivity (Wildman–Crippen MR) is 86.2 cm³/mol. The number of ketones is 1. The van der Waals surface area contributed by atoms with Crippen LogP contribution in [0.3, 0.4) is 0 Å². The van der Waals surface area contributed by atoms with E-state index >= 15 is 0 Å². The summed E-state index contributed by atoms with van der Waals surface area (Å²) in [5, 5.41) is 2.32. The predicted octanol–water partition coefficient (Wildman–Crippen LogP) is 3.97. The van der Waals surface area contributed by atoms with Gasteiger partial charge in [-0.1, -0.05) is 0 Å². The summed E-state index contributed by atoms with van der Waals surface area (Å²) in [4.78, 5) is 22.9. The van der Waals surface area contributed by atoms with Crippen molar-refractivity contribution in [1.82, 2.24) is 0 Å². The molecule has 0 saturated carbocycles. The molecule has 0 saturated heterocycles. The highest BCUT2D eigenvalue weighted by atomic mass is 19.1. The Morgan fingerprint density at radius 1 is 1.08 bits per heavy atom. The van der Waals surface area contributed by atoms with Crippen molar-refractivity contribution in [2.45, 2.75) is 19.8 Å². The topological polar surface area (TPSA) is 55.4 Å². The maximum absolute atomic E-state index is 13.4. The van der Waals surface area contributed by atoms with Gasteiger partial charge in [-0.3, -0.25) is 9.59 Å². The van der Waals surface area contributed by atoms with Gasteiger partial charge < -0.3 is 10.1 Å². The molecular weight excluding hydrogens is 316 g/mol. The fraction of sp³-hybridized carbons (Fsp3) is 0.222. The van der Waals surface area contributed by atoms with Crippen molar-refractivity contribution in [3.63, 3.8) is 0 Å². The Morgan fingerprint density at radius 2 is 1.79 bits per heavy atom. The number of hydrogen-bond acceptors (Lipinski definition) is 3. The number of amides is 1. The van der Waals surface area contributed by atoms with Gasteiger partial charge in [0.2, 0.25) is 5.91 Å². The van der Waals surface area contributed by atoms with Gasteiger partial charge in [-0.05, 0) is 49.7 Å². The molecule has 4 nitrogen and oxygen atoms in total. The molecule has 126 valence electrons. The molecule has 0 aliphatic rings. The summed E-state index contributed by atoms with van der Waals surface area (Å²) in [7, 11) is 0. The van der Waals surface area contributed by atoms with Gasteiger partial charge in [0.1, 0.15) is 17.4 Å². The van der Waals surface area contributed by atoms with Crippen molar-refractivity contribution in [2.24, 2.45) is 0 Å². The highest BCUT2D eigenvalue weighted by Crippen LogP contribution is 2.16. The first-order valence-electron chi connectivity index (χ1n) is 7.44. The largest absolute Gasteiger partial charge is 0.494 e. The van der Waals surface area contributed by atoms with Gasteiger partial charge in [-0.25, -0.2) is 8.78 Å². The van der Waals surface area contributed by atoms with Crippen molar-refractivity contribution in [3.8, 4) is 5.75 Å². The lowest BCUT2D eigenvalue weighted by atomic mass is 10.1. The summed E-state index contributed by atoms with van der Waals surface area (Å²) < 4.78 is 31.9. The van der Waals surface area contributed by atoms with Crippen LogP contribution < -0.4 is 10.1 Å². The molecule has 0 radical (unpaired) electrons. The summed E-state index contributed by atoms with van der Waals surface area (Å²) in [6, 6.07) is 9.56. The first kappa shape index (κ1) is 17.6. The van der Waals surface area contributed by atoms with E-state index in [9.17, 15) is 18.4 Å². The molecule has 0 bridgehead atoms. The molecule has 0 unspecified atom stereocenters. The van der Waals surface area contributed by atoms with Crippen molar-refractivity contribution in [3.05, 3.63) is 59.7 Å². The number of anilines is 1. The highest BCUT2D eigenvalue weighted by Gasteiger charge is 2.08. The molecule has 1 amide bonds. The maximum atomic E-state index is 13.4. The summed E-state index contributed by atoms with van der Waals surface area (Å²) in [6.45, 7) is 1.77. The van der Waals surface area contributed by atoms with E-state index in [2.05, 4.69) is 5.32 Å². The number of carbonyl (C=O) groups excluding carboxylic acids is 2. The molecule has 0 aliphatic heterocycles. The lowest BCUT2D eigenvalue weighted by Crippen LogP contribution is -2.14. The second-order valence-electron chi connectivity index (χ2n) is 5.20. The number of hydrogen-bond donors (Lipinski definition) is 1. The molecule has 0 aromatic heterocycles. The Kier molecular flexibility index (Phi) is 6.01. The van der Waals surface area contributed by atoms with E-state index in [1.165, 1.54) is 6.92 Å². The summed E-state index contributed by atoms with van der Waals surface area (Å²) in [6.07, 6.45) is 0.526. The molecule has 0 fully saturated rings. The van der Waals surface area contributed by atoms with E-state index in [1.54, 1.807) is 24.3 Å². The zero-order valence-corrected chi connectivity index (χ0v) is 13.1. The minimum absolute atomic E-state index is 0.0252. The molecule has 0 spiro atoms. The molecule has 2 aromatic rings. The summed E-state index contributed by atoms with van der Waals surface area (Å²) in [5.74, 6) is -1.16. The van der Waals surface area contributed by atoms with E-state index in [1.807, 2.05) is 0 Å². The van der Waals surface area contributed by atoms with Crippen LogP contribution in [-0.2, 0) is 4.79 Å². The van der Waals surface area contributed by atoms with Crippen molar-refractivity contribution >= 4 is 17.4 Å². The minimum Gasteiger partial charge on any atom is -0.494 e. The summed E-state index contributed by atoms with van der Waals surface area (Å²) >= 11 is 0. The van der Waals surface area contributed by atoms with Crippen LogP contribution in [0.15, 0.2) is 42.5 Å². The zero-order valence-electron chi connectivity index (χ0n) is 13.1. The monoisotopic (exact) mass is 333 g/mol. The van der Waals surface area contributed by atoms with E-state index < -0.39 is 17.5 Å². The molecule has 0 heterocycles. The lowest BCUT2D eigenvalue weighted by molar-refractivity contribution is -0.116. The van der Waals surface area contributed by atoms with Crippen LogP contribution in [0.5, 0.6) is 5.75 Å². The Labute approximate surface area is 138 Å². The molecule has 2 rings (SSSR count). The zero-order chi connectivity index (χ0) is 17.5. The van der Waals surface area contributed by atoms with Crippen LogP contribution in [-0.4, -0.2) is 18.3 Å². The van der Waals surface area contributed by atoms with Crippen LogP contribution in [0.2, 0.25) is 0 Å². The number of ether oxygens (including phenoxy) is 1. The molecule has 0 aliphatic carbocycles. The molecular formula is C18H17F2NO3. The third-order valence-corrected chi connectivity index (χ3v) is 3.28. The Morgan fingerprint density at radius 3 is 2.46 bits per heavy atom. The second kappa shape index (κ2) is 8.19. The molecule has 0 atom stereocenters. The molecule has 24 heavy (non-hydrogen) atoms. The van der Waals surface area contributed by atoms with Crippen LogP contribution in [0.1, 0.15) is 30.1 Å². The van der Waals surface area contributed by atoms with Crippen molar-refractivity contribution < 1.29 is 23.1 Å². The van der Waals surface area contributed by atoms with Crippen molar-refractivity contribution in [2.75, 3.05) is 11.9 Å². The number of carbonyl (C=O) groups is 2. The number of halogens is 2. The Hall–Kier alpha value is -2.76. The van der Waals surface area contributed by atoms with E-state index in [0.717, 1.165) is 18.2 Å². The number of benzene rings is 2. The number of rotatable bonds is 7. The first-order valence-corrected chi connectivity index (χ1v) is 7.44. The number of Topliss-reactive ketones (excluding diaryl/α,β-unsaturated/α-hetero) is 1. The summed E-state index contributed by atoms with van der Waals surface area (Å²) in [5.41, 5.74) is 0.416. The fourth-order valence-electron chi connectivity index (χ4n) is 2.01. The van der Waals surface area contributed by atoms with Crippen molar-refractivity contribution in [1.29, 1.82) is 0 Å². The van der Waals surface area contributed by atoms with Gasteiger partial charge in [0.25, 0.3) is 0 Å². The Bertz CT molecular complexity index is 730. The third-order valence-electron chi connectivity index (χ3n) is 3.28. The number of nitrogens with one attached hydrogen (secondary N) is 1. The first-order chi connectivity index (χ1) is 11.5. The quantitative estimate of drug-likeness (QED) is 0.616. The van der Waals surface area contributed by atoms with E-state index in [0.29, 0.717) is 24.3 Å². The second-order valence-corrected chi connectivity index (χ2v) is 5.20. The minimum atomic E-state index is -0.688. The fourth-order valence-corrected chi connectivity index (χ4v) is 2.01. The SMILES string of the molecule is CC(=O)c1ccc(OCCCC(=O)Nc2cc(F)ccc2F)cc1. The average molecular weight is 333 g/mol. The van der Waals surface area contributed by atoms with Crippen LogP contribution in [0.4, 0.5) is 14.5 Å². The lowest BCUT2D eigenvalue weighted by Gasteiger charge is -2.08. The molecule has 6 heteroatoms. The van der Waals surface area contributed by atoms with Gasteiger partial charge >= 0.3 is 0 Å².